The van der Waals surface area contributed by atoms with Gasteiger partial charge < -0.3 is 4.98 Å². The van der Waals surface area contributed by atoms with Crippen molar-refractivity contribution in [2.75, 3.05) is 7.05 Å². The number of nitrogens with one attached hydrogen (secondary N) is 1. The Labute approximate surface area is 102 Å². The van der Waals surface area contributed by atoms with Crippen molar-refractivity contribution < 1.29 is 0 Å². The lowest BCUT2D eigenvalue weighted by atomic mass is 9.97. The molecule has 0 spiro atoms. The zero-order valence-corrected chi connectivity index (χ0v) is 10.5. The van der Waals surface area contributed by atoms with Crippen molar-refractivity contribution in [3.05, 3.63) is 35.0 Å². The van der Waals surface area contributed by atoms with Gasteiger partial charge in [0.25, 0.3) is 0 Å². The van der Waals surface area contributed by atoms with Gasteiger partial charge in [0.2, 0.25) is 0 Å². The van der Waals surface area contributed by atoms with E-state index >= 15 is 0 Å². The molecule has 3 heterocycles. The van der Waals surface area contributed by atoms with Crippen LogP contribution in [0.25, 0.3) is 10.9 Å². The van der Waals surface area contributed by atoms with E-state index in [9.17, 15) is 0 Å². The smallest absolute Gasteiger partial charge is 0.0459 e. The summed E-state index contributed by atoms with van der Waals surface area (Å²) in [6.45, 7) is 2.18. The second-order valence-corrected chi connectivity index (χ2v) is 5.68. The molecule has 2 aliphatic rings. The highest BCUT2D eigenvalue weighted by Gasteiger charge is 2.39. The number of aromatic nitrogens is 1. The van der Waals surface area contributed by atoms with E-state index in [4.69, 9.17) is 0 Å². The molecule has 1 N–H and O–H groups in total. The van der Waals surface area contributed by atoms with Gasteiger partial charge in [0.05, 0.1) is 0 Å². The summed E-state index contributed by atoms with van der Waals surface area (Å²) in [5, 5.41) is 1.46. The van der Waals surface area contributed by atoms with Crippen LogP contribution in [0, 0.1) is 6.92 Å². The predicted octanol–water partition coefficient (Wildman–Crippen LogP) is 3.17. The molecule has 0 radical (unpaired) electrons. The van der Waals surface area contributed by atoms with Gasteiger partial charge in [-0.3, -0.25) is 4.90 Å². The van der Waals surface area contributed by atoms with E-state index in [0.29, 0.717) is 6.04 Å². The van der Waals surface area contributed by atoms with Gasteiger partial charge in [-0.05, 0) is 44.5 Å². The maximum atomic E-state index is 3.64. The van der Waals surface area contributed by atoms with Crippen LogP contribution >= 0.6 is 0 Å². The van der Waals surface area contributed by atoms with Crippen molar-refractivity contribution in [3.8, 4) is 0 Å². The topological polar surface area (TPSA) is 19.0 Å². The molecule has 0 saturated carbocycles. The maximum absolute atomic E-state index is 3.64. The Hall–Kier alpha value is -1.28. The van der Waals surface area contributed by atoms with Crippen LogP contribution in [-0.4, -0.2) is 23.0 Å². The Morgan fingerprint density at radius 3 is 3.06 bits per heavy atom. The summed E-state index contributed by atoms with van der Waals surface area (Å²) in [6, 6.07) is 8.20. The fraction of sp³-hybridized carbons (Fsp3) is 0.467. The number of aryl methyl sites for hydroxylation is 1. The van der Waals surface area contributed by atoms with Gasteiger partial charge in [0.15, 0.2) is 0 Å². The van der Waals surface area contributed by atoms with Gasteiger partial charge in [0, 0.05) is 35.1 Å². The van der Waals surface area contributed by atoms with E-state index < -0.39 is 0 Å². The Morgan fingerprint density at radius 2 is 2.18 bits per heavy atom. The van der Waals surface area contributed by atoms with Gasteiger partial charge >= 0.3 is 0 Å². The molecule has 1 aromatic carbocycles. The molecule has 1 aromatic heterocycles. The van der Waals surface area contributed by atoms with E-state index in [2.05, 4.69) is 42.1 Å². The number of aromatic amines is 1. The molecular formula is C15H18N2. The summed E-state index contributed by atoms with van der Waals surface area (Å²) in [4.78, 5) is 6.22. The minimum atomic E-state index is 0.652. The minimum Gasteiger partial charge on any atom is -0.358 e. The van der Waals surface area contributed by atoms with Crippen LogP contribution in [0.4, 0.5) is 0 Å². The monoisotopic (exact) mass is 226 g/mol. The van der Waals surface area contributed by atoms with Crippen molar-refractivity contribution in [3.63, 3.8) is 0 Å². The highest BCUT2D eigenvalue weighted by Crippen LogP contribution is 2.45. The minimum absolute atomic E-state index is 0.652. The summed E-state index contributed by atoms with van der Waals surface area (Å²) in [5.41, 5.74) is 5.76. The molecule has 88 valence electrons. The molecule has 0 aliphatic carbocycles. The van der Waals surface area contributed by atoms with Gasteiger partial charge in [0.1, 0.15) is 0 Å². The van der Waals surface area contributed by atoms with E-state index in [1.54, 1.807) is 5.56 Å². The van der Waals surface area contributed by atoms with E-state index in [-0.39, 0.29) is 0 Å². The number of H-pyrrole nitrogens is 1. The summed E-state index contributed by atoms with van der Waals surface area (Å²) < 4.78 is 0. The molecule has 0 unspecified atom stereocenters. The molecule has 2 aliphatic heterocycles. The lowest BCUT2D eigenvalue weighted by Gasteiger charge is -2.31. The van der Waals surface area contributed by atoms with E-state index in [1.165, 1.54) is 41.4 Å². The number of fused-ring (bicyclic) bond motifs is 6. The summed E-state index contributed by atoms with van der Waals surface area (Å²) in [6.07, 6.45) is 3.89. The Morgan fingerprint density at radius 1 is 1.29 bits per heavy atom. The summed E-state index contributed by atoms with van der Waals surface area (Å²) in [7, 11) is 2.29. The summed E-state index contributed by atoms with van der Waals surface area (Å²) >= 11 is 0. The van der Waals surface area contributed by atoms with Crippen molar-refractivity contribution in [1.82, 2.24) is 9.88 Å². The normalized spacial score (nSPS) is 27.6. The molecule has 2 heteroatoms. The van der Waals surface area contributed by atoms with Crippen LogP contribution in [0.3, 0.4) is 0 Å². The highest BCUT2D eigenvalue weighted by molar-refractivity contribution is 5.86. The third kappa shape index (κ3) is 1.19. The van der Waals surface area contributed by atoms with Crippen LogP contribution < -0.4 is 0 Å². The summed E-state index contributed by atoms with van der Waals surface area (Å²) in [5.74, 6) is 0. The number of hydrogen-bond acceptors (Lipinski definition) is 1. The molecule has 2 nitrogen and oxygen atoms in total. The van der Waals surface area contributed by atoms with E-state index in [1.807, 2.05) is 0 Å². The largest absolute Gasteiger partial charge is 0.358 e. The van der Waals surface area contributed by atoms with Crippen molar-refractivity contribution >= 4 is 10.9 Å². The van der Waals surface area contributed by atoms with Gasteiger partial charge in [-0.25, -0.2) is 0 Å². The lowest BCUT2D eigenvalue weighted by Crippen LogP contribution is -2.33. The number of benzene rings is 1. The van der Waals surface area contributed by atoms with Crippen LogP contribution in [0.2, 0.25) is 0 Å². The maximum Gasteiger partial charge on any atom is 0.0459 e. The first kappa shape index (κ1) is 9.72. The molecule has 0 amide bonds. The molecule has 1 fully saturated rings. The molecular weight excluding hydrogens is 208 g/mol. The Balaban J connectivity index is 2.02. The number of nitrogens with zero attached hydrogens (tertiary/aromatic N) is 1. The fourth-order valence-electron chi connectivity index (χ4n) is 3.77. The SMILES string of the molecule is Cc1ccc2[nH]c3c(c2c1)[C@@H]1CC[C@H](C3)N1C. The van der Waals surface area contributed by atoms with Crippen LogP contribution in [-0.2, 0) is 6.42 Å². The molecule has 2 aromatic rings. The molecule has 1 saturated heterocycles. The number of likely N-dealkylation sites (N-methyl/N-ethyl adjacent to an activating group) is 1. The van der Waals surface area contributed by atoms with Gasteiger partial charge in [-0.2, -0.15) is 0 Å². The number of rotatable bonds is 0. The standard InChI is InChI=1S/C15H18N2/c1-9-3-5-12-11(7-9)15-13(16-12)8-10-4-6-14(15)17(10)2/h3,5,7,10,14,16H,4,6,8H2,1-2H3/t10-,14+/m1/s1. The second kappa shape index (κ2) is 3.14. The average molecular weight is 226 g/mol. The van der Waals surface area contributed by atoms with Gasteiger partial charge in [-0.1, -0.05) is 11.6 Å². The highest BCUT2D eigenvalue weighted by atomic mass is 15.2. The fourth-order valence-corrected chi connectivity index (χ4v) is 3.77. The first-order chi connectivity index (χ1) is 8.24. The Bertz CT molecular complexity index is 596. The lowest BCUT2D eigenvalue weighted by molar-refractivity contribution is 0.224. The van der Waals surface area contributed by atoms with Crippen molar-refractivity contribution in [2.24, 2.45) is 0 Å². The molecule has 17 heavy (non-hydrogen) atoms. The van der Waals surface area contributed by atoms with Crippen LogP contribution in [0.5, 0.6) is 0 Å². The first-order valence-electron chi connectivity index (χ1n) is 6.57. The van der Waals surface area contributed by atoms with Gasteiger partial charge in [-0.15, -0.1) is 0 Å². The van der Waals surface area contributed by atoms with Crippen molar-refractivity contribution in [1.29, 1.82) is 0 Å². The number of hydrogen-bond donors (Lipinski definition) is 1. The third-order valence-corrected chi connectivity index (χ3v) is 4.69. The van der Waals surface area contributed by atoms with Crippen molar-refractivity contribution in [2.45, 2.75) is 38.3 Å². The average Bonchev–Trinajstić information content (AvgIpc) is 2.76. The van der Waals surface area contributed by atoms with Crippen LogP contribution in [0.15, 0.2) is 18.2 Å². The van der Waals surface area contributed by atoms with Crippen LogP contribution in [0.1, 0.15) is 35.7 Å². The zero-order chi connectivity index (χ0) is 11.6. The Kier molecular flexibility index (Phi) is 1.79. The zero-order valence-electron chi connectivity index (χ0n) is 10.5. The molecule has 2 atom stereocenters. The third-order valence-electron chi connectivity index (χ3n) is 4.69. The van der Waals surface area contributed by atoms with E-state index in [0.717, 1.165) is 6.04 Å². The quantitative estimate of drug-likeness (QED) is 0.731. The second-order valence-electron chi connectivity index (χ2n) is 5.68. The molecule has 4 rings (SSSR count). The predicted molar refractivity (Wildman–Crippen MR) is 70.3 cm³/mol. The first-order valence-corrected chi connectivity index (χ1v) is 6.57. The molecule has 2 bridgehead atoms.